The van der Waals surface area contributed by atoms with E-state index in [4.69, 9.17) is 0 Å². The van der Waals surface area contributed by atoms with Crippen molar-refractivity contribution in [2.75, 3.05) is 16.8 Å². The molecular weight excluding hydrogens is 374 g/mol. The monoisotopic (exact) mass is 393 g/mol. The van der Waals surface area contributed by atoms with Crippen LogP contribution in [0.1, 0.15) is 48.5 Å². The molecule has 1 N–H and O–H groups in total. The number of unbranched alkanes of at least 4 members (excludes halogenated alkanes) is 1. The van der Waals surface area contributed by atoms with Crippen LogP contribution in [0.15, 0.2) is 26.9 Å². The Labute approximate surface area is 159 Å². The van der Waals surface area contributed by atoms with E-state index in [1.807, 2.05) is 19.1 Å². The van der Waals surface area contributed by atoms with Crippen LogP contribution in [0.4, 0.5) is 5.69 Å². The van der Waals surface area contributed by atoms with E-state index in [1.165, 1.54) is 35.9 Å². The van der Waals surface area contributed by atoms with Gasteiger partial charge in [0, 0.05) is 17.0 Å². The Kier molecular flexibility index (Phi) is 6.14. The number of rotatable bonds is 8. The number of thioether (sulfide) groups is 2. The maximum atomic E-state index is 12.4. The Bertz CT molecular complexity index is 791. The van der Waals surface area contributed by atoms with Crippen LogP contribution in [0.25, 0.3) is 0 Å². The molecule has 1 aliphatic heterocycles. The Morgan fingerprint density at radius 2 is 2.04 bits per heavy atom. The molecule has 0 fully saturated rings. The molecule has 8 heteroatoms. The Hall–Kier alpha value is -1.38. The number of Topliss-reactive ketones (excluding diaryl/α,β-unsaturated/α-hetero) is 1. The van der Waals surface area contributed by atoms with Gasteiger partial charge < -0.3 is 5.32 Å². The molecule has 3 rings (SSSR count). The van der Waals surface area contributed by atoms with Crippen LogP contribution in [0.3, 0.4) is 0 Å². The van der Waals surface area contributed by atoms with Crippen molar-refractivity contribution in [3.63, 3.8) is 0 Å². The smallest absolute Gasteiger partial charge is 0.231 e. The topological polar surface area (TPSA) is 72.0 Å². The van der Waals surface area contributed by atoms with Gasteiger partial charge in [-0.05, 0) is 37.1 Å². The van der Waals surface area contributed by atoms with Gasteiger partial charge in [0.25, 0.3) is 0 Å². The lowest BCUT2D eigenvalue weighted by atomic mass is 9.99. The predicted octanol–water partition coefficient (Wildman–Crippen LogP) is 4.46. The van der Waals surface area contributed by atoms with Gasteiger partial charge in [0.05, 0.1) is 11.7 Å². The highest BCUT2D eigenvalue weighted by molar-refractivity contribution is 8.03. The van der Waals surface area contributed by atoms with Crippen molar-refractivity contribution in [1.29, 1.82) is 0 Å². The van der Waals surface area contributed by atoms with Crippen molar-refractivity contribution in [1.82, 2.24) is 10.2 Å². The average molecular weight is 394 g/mol. The molecule has 1 aromatic carbocycles. The van der Waals surface area contributed by atoms with E-state index in [1.54, 1.807) is 17.8 Å². The van der Waals surface area contributed by atoms with Gasteiger partial charge >= 0.3 is 0 Å². The van der Waals surface area contributed by atoms with E-state index < -0.39 is 0 Å². The molecule has 132 valence electrons. The zero-order valence-electron chi connectivity index (χ0n) is 14.1. The summed E-state index contributed by atoms with van der Waals surface area (Å²) >= 11 is 4.67. The summed E-state index contributed by atoms with van der Waals surface area (Å²) < 4.78 is 1.78. The van der Waals surface area contributed by atoms with Gasteiger partial charge in [-0.15, -0.1) is 10.2 Å². The van der Waals surface area contributed by atoms with Crippen molar-refractivity contribution in [2.45, 2.75) is 41.3 Å². The molecule has 5 nitrogen and oxygen atoms in total. The molecular formula is C17H19N3O2S3. The molecule has 0 spiro atoms. The second-order valence-corrected chi connectivity index (χ2v) is 9.30. The third kappa shape index (κ3) is 4.43. The Balaban J connectivity index is 1.57. The minimum absolute atomic E-state index is 0.0177. The summed E-state index contributed by atoms with van der Waals surface area (Å²) in [5.74, 6) is 1.18. The average Bonchev–Trinajstić information content (AvgIpc) is 3.18. The van der Waals surface area contributed by atoms with E-state index in [9.17, 15) is 9.59 Å². The quantitative estimate of drug-likeness (QED) is 0.405. The number of hydrogen-bond donors (Lipinski definition) is 1. The van der Waals surface area contributed by atoms with Crippen LogP contribution in [-0.2, 0) is 4.79 Å². The number of benzene rings is 1. The molecule has 1 aromatic heterocycles. The highest BCUT2D eigenvalue weighted by atomic mass is 32.2. The molecule has 1 amide bonds. The van der Waals surface area contributed by atoms with E-state index in [-0.39, 0.29) is 17.6 Å². The maximum absolute atomic E-state index is 12.4. The number of carbonyl (C=O) groups is 2. The molecule has 0 saturated carbocycles. The van der Waals surface area contributed by atoms with Crippen molar-refractivity contribution in [3.8, 4) is 0 Å². The molecule has 0 aliphatic carbocycles. The molecule has 0 bridgehead atoms. The first-order valence-electron chi connectivity index (χ1n) is 8.15. The van der Waals surface area contributed by atoms with Gasteiger partial charge in [0.15, 0.2) is 14.5 Å². The normalized spacial score (nSPS) is 15.9. The largest absolute Gasteiger partial charge is 0.325 e. The summed E-state index contributed by atoms with van der Waals surface area (Å²) in [7, 11) is 0. The second-order valence-electron chi connectivity index (χ2n) is 5.76. The van der Waals surface area contributed by atoms with Gasteiger partial charge in [0.2, 0.25) is 5.91 Å². The molecule has 25 heavy (non-hydrogen) atoms. The lowest BCUT2D eigenvalue weighted by molar-refractivity contribution is -0.116. The number of amides is 1. The Morgan fingerprint density at radius 1 is 1.28 bits per heavy atom. The highest BCUT2D eigenvalue weighted by Crippen LogP contribution is 2.33. The van der Waals surface area contributed by atoms with Gasteiger partial charge in [-0.2, -0.15) is 0 Å². The number of nitrogens with zero attached hydrogens (tertiary/aromatic N) is 2. The van der Waals surface area contributed by atoms with Crippen molar-refractivity contribution in [2.24, 2.45) is 0 Å². The van der Waals surface area contributed by atoms with Gasteiger partial charge in [-0.1, -0.05) is 48.2 Å². The third-order valence-electron chi connectivity index (χ3n) is 3.93. The maximum Gasteiger partial charge on any atom is 0.231 e. The lowest BCUT2D eigenvalue weighted by Gasteiger charge is -2.04. The summed E-state index contributed by atoms with van der Waals surface area (Å²) in [6, 6.07) is 5.40. The summed E-state index contributed by atoms with van der Waals surface area (Å²) in [6.07, 6.45) is 2.34. The minimum atomic E-state index is -0.207. The van der Waals surface area contributed by atoms with E-state index >= 15 is 0 Å². The van der Waals surface area contributed by atoms with E-state index in [2.05, 4.69) is 22.4 Å². The standard InChI is InChI=1S/C17H19N3O2S3/c1-3-4-7-23-16-19-20-17(25-16)24-9-14(21)11-5-6-13-12(8-11)10(2)15(22)18-13/h5-6,8,10H,3-4,7,9H2,1-2H3,(H,18,22)/t10-/m1/s1. The predicted molar refractivity (Wildman–Crippen MR) is 104 cm³/mol. The first kappa shape index (κ1) is 18.4. The first-order chi connectivity index (χ1) is 12.1. The fraction of sp³-hybridized carbons (Fsp3) is 0.412. The fourth-order valence-electron chi connectivity index (χ4n) is 2.42. The molecule has 0 saturated heterocycles. The number of carbonyl (C=O) groups excluding carboxylic acids is 2. The molecule has 2 aromatic rings. The number of nitrogens with one attached hydrogen (secondary N) is 1. The number of aromatic nitrogens is 2. The van der Waals surface area contributed by atoms with Crippen molar-refractivity contribution >= 4 is 52.2 Å². The number of ketones is 1. The Morgan fingerprint density at radius 3 is 2.80 bits per heavy atom. The molecule has 0 unspecified atom stereocenters. The van der Waals surface area contributed by atoms with Crippen LogP contribution >= 0.6 is 34.9 Å². The van der Waals surface area contributed by atoms with Crippen molar-refractivity contribution in [3.05, 3.63) is 29.3 Å². The summed E-state index contributed by atoms with van der Waals surface area (Å²) in [4.78, 5) is 24.2. The zero-order chi connectivity index (χ0) is 17.8. The highest BCUT2D eigenvalue weighted by Gasteiger charge is 2.27. The third-order valence-corrected chi connectivity index (χ3v) is 7.21. The van der Waals surface area contributed by atoms with E-state index in [0.717, 1.165) is 25.7 Å². The van der Waals surface area contributed by atoms with Crippen LogP contribution in [0.2, 0.25) is 0 Å². The molecule has 1 atom stereocenters. The number of fused-ring (bicyclic) bond motifs is 1. The van der Waals surface area contributed by atoms with Crippen molar-refractivity contribution < 1.29 is 9.59 Å². The fourth-order valence-corrected chi connectivity index (χ4v) is 5.49. The van der Waals surface area contributed by atoms with Crippen LogP contribution in [-0.4, -0.2) is 33.4 Å². The van der Waals surface area contributed by atoms with Gasteiger partial charge in [0.1, 0.15) is 0 Å². The van der Waals surface area contributed by atoms with Crippen LogP contribution in [0.5, 0.6) is 0 Å². The number of anilines is 1. The molecule has 2 heterocycles. The van der Waals surface area contributed by atoms with Crippen LogP contribution < -0.4 is 5.32 Å². The lowest BCUT2D eigenvalue weighted by Crippen LogP contribution is -2.08. The van der Waals surface area contributed by atoms with E-state index in [0.29, 0.717) is 11.3 Å². The molecule has 0 radical (unpaired) electrons. The zero-order valence-corrected chi connectivity index (χ0v) is 16.5. The SMILES string of the molecule is CCCCSc1nnc(SCC(=O)c2ccc3c(c2)[C@@H](C)C(=O)N3)s1. The van der Waals surface area contributed by atoms with Gasteiger partial charge in [-0.25, -0.2) is 0 Å². The summed E-state index contributed by atoms with van der Waals surface area (Å²) in [6.45, 7) is 4.02. The van der Waals surface area contributed by atoms with Gasteiger partial charge in [-0.3, -0.25) is 9.59 Å². The minimum Gasteiger partial charge on any atom is -0.325 e. The summed E-state index contributed by atoms with van der Waals surface area (Å²) in [5, 5.41) is 11.1. The molecule has 1 aliphatic rings. The van der Waals surface area contributed by atoms with Crippen LogP contribution in [0, 0.1) is 0 Å². The summed E-state index contributed by atoms with van der Waals surface area (Å²) in [5.41, 5.74) is 2.34. The number of hydrogen-bond acceptors (Lipinski definition) is 7. The second kappa shape index (κ2) is 8.33. The first-order valence-corrected chi connectivity index (χ1v) is 10.9.